The Balaban J connectivity index is 1.79. The lowest BCUT2D eigenvalue weighted by molar-refractivity contribution is -0.122. The molecule has 0 heterocycles. The van der Waals surface area contributed by atoms with Gasteiger partial charge in [-0.3, -0.25) is 4.79 Å². The predicted octanol–water partition coefficient (Wildman–Crippen LogP) is 2.70. The number of benzene rings is 2. The van der Waals surface area contributed by atoms with E-state index in [0.29, 0.717) is 13.0 Å². The molecule has 2 aromatic rings. The zero-order chi connectivity index (χ0) is 19.2. The molecule has 2 amide bonds. The Morgan fingerprint density at radius 1 is 1.08 bits per heavy atom. The molecule has 4 N–H and O–H groups in total. The Hall–Kier alpha value is -2.60. The van der Waals surface area contributed by atoms with Crippen LogP contribution in [0.4, 0.5) is 4.79 Å². The first kappa shape index (κ1) is 19.7. The molecule has 0 spiro atoms. The highest BCUT2D eigenvalue weighted by Gasteiger charge is 2.17. The Morgan fingerprint density at radius 2 is 1.77 bits per heavy atom. The van der Waals surface area contributed by atoms with Crippen molar-refractivity contribution in [2.24, 2.45) is 5.73 Å². The first-order valence-electron chi connectivity index (χ1n) is 8.73. The van der Waals surface area contributed by atoms with Gasteiger partial charge in [-0.1, -0.05) is 42.5 Å². The van der Waals surface area contributed by atoms with Crippen molar-refractivity contribution in [1.82, 2.24) is 10.6 Å². The van der Waals surface area contributed by atoms with Gasteiger partial charge in [-0.15, -0.1) is 0 Å². The molecule has 0 aromatic heterocycles. The van der Waals surface area contributed by atoms with Crippen molar-refractivity contribution in [3.05, 3.63) is 48.0 Å². The van der Waals surface area contributed by atoms with E-state index in [2.05, 4.69) is 10.6 Å². The fourth-order valence-corrected chi connectivity index (χ4v) is 2.54. The topological polar surface area (TPSA) is 93.4 Å². The summed E-state index contributed by atoms with van der Waals surface area (Å²) in [5.74, 6) is -0.246. The zero-order valence-electron chi connectivity index (χ0n) is 15.5. The largest absolute Gasteiger partial charge is 0.444 e. The normalized spacial score (nSPS) is 12.5. The van der Waals surface area contributed by atoms with Gasteiger partial charge in [0.15, 0.2) is 0 Å². The molecule has 140 valence electrons. The minimum atomic E-state index is -0.695. The molecule has 0 aliphatic carbocycles. The van der Waals surface area contributed by atoms with Crippen LogP contribution in [0.25, 0.3) is 10.8 Å². The summed E-state index contributed by atoms with van der Waals surface area (Å²) < 4.78 is 5.13. The maximum Gasteiger partial charge on any atom is 0.407 e. The van der Waals surface area contributed by atoms with Crippen LogP contribution in [-0.2, 0) is 16.1 Å². The quantitative estimate of drug-likeness (QED) is 0.741. The molecule has 0 fully saturated rings. The van der Waals surface area contributed by atoms with E-state index in [4.69, 9.17) is 10.5 Å². The van der Waals surface area contributed by atoms with Crippen LogP contribution in [0.1, 0.15) is 32.8 Å². The molecule has 1 unspecified atom stereocenters. The SMILES string of the molecule is CC(C)(C)OC(=O)NCCC(N)C(=O)NCc1cccc2ccccc12. The number of amides is 2. The Kier molecular flexibility index (Phi) is 6.58. The van der Waals surface area contributed by atoms with Gasteiger partial charge in [0.05, 0.1) is 6.04 Å². The van der Waals surface area contributed by atoms with Gasteiger partial charge in [0.2, 0.25) is 5.91 Å². The van der Waals surface area contributed by atoms with Crippen molar-refractivity contribution >= 4 is 22.8 Å². The lowest BCUT2D eigenvalue weighted by Crippen LogP contribution is -2.43. The molecule has 0 aliphatic heterocycles. The lowest BCUT2D eigenvalue weighted by atomic mass is 10.0. The number of ether oxygens (including phenoxy) is 1. The third-order valence-corrected chi connectivity index (χ3v) is 3.79. The molecule has 0 aliphatic rings. The fraction of sp³-hybridized carbons (Fsp3) is 0.400. The number of carbonyl (C=O) groups is 2. The van der Waals surface area contributed by atoms with Gasteiger partial charge in [-0.05, 0) is 43.5 Å². The number of nitrogens with two attached hydrogens (primary N) is 1. The number of nitrogens with one attached hydrogen (secondary N) is 2. The molecule has 1 atom stereocenters. The summed E-state index contributed by atoms with van der Waals surface area (Å²) in [6, 6.07) is 13.3. The predicted molar refractivity (Wildman–Crippen MR) is 103 cm³/mol. The van der Waals surface area contributed by atoms with Crippen molar-refractivity contribution in [2.45, 2.75) is 45.4 Å². The number of hydrogen-bond acceptors (Lipinski definition) is 4. The Bertz CT molecular complexity index is 763. The molecule has 6 nitrogen and oxygen atoms in total. The number of carbonyl (C=O) groups excluding carboxylic acids is 2. The Labute approximate surface area is 154 Å². The van der Waals surface area contributed by atoms with Crippen molar-refractivity contribution in [3.63, 3.8) is 0 Å². The van der Waals surface area contributed by atoms with E-state index < -0.39 is 17.7 Å². The molecule has 0 saturated heterocycles. The van der Waals surface area contributed by atoms with Crippen LogP contribution >= 0.6 is 0 Å². The summed E-state index contributed by atoms with van der Waals surface area (Å²) >= 11 is 0. The average Bonchev–Trinajstić information content (AvgIpc) is 2.57. The molecular weight excluding hydrogens is 330 g/mol. The van der Waals surface area contributed by atoms with Gasteiger partial charge in [0.1, 0.15) is 5.60 Å². The minimum absolute atomic E-state index is 0.246. The molecule has 2 rings (SSSR count). The molecule has 6 heteroatoms. The Morgan fingerprint density at radius 3 is 2.50 bits per heavy atom. The maximum absolute atomic E-state index is 12.2. The fourth-order valence-electron chi connectivity index (χ4n) is 2.54. The van der Waals surface area contributed by atoms with Crippen LogP contribution in [0.2, 0.25) is 0 Å². The second-order valence-electron chi connectivity index (χ2n) is 7.18. The summed E-state index contributed by atoms with van der Waals surface area (Å²) in [6.45, 7) is 6.06. The van der Waals surface area contributed by atoms with Gasteiger partial charge in [0, 0.05) is 13.1 Å². The van der Waals surface area contributed by atoms with Gasteiger partial charge in [-0.25, -0.2) is 4.79 Å². The van der Waals surface area contributed by atoms with Crippen molar-refractivity contribution in [2.75, 3.05) is 6.54 Å². The summed E-state index contributed by atoms with van der Waals surface area (Å²) in [4.78, 5) is 23.7. The maximum atomic E-state index is 12.2. The minimum Gasteiger partial charge on any atom is -0.444 e. The van der Waals surface area contributed by atoms with Crippen LogP contribution in [0.5, 0.6) is 0 Å². The molecule has 0 saturated carbocycles. The third kappa shape index (κ3) is 6.04. The van der Waals surface area contributed by atoms with E-state index in [0.717, 1.165) is 16.3 Å². The molecule has 26 heavy (non-hydrogen) atoms. The summed E-state index contributed by atoms with van der Waals surface area (Å²) in [7, 11) is 0. The molecule has 2 aromatic carbocycles. The molecular formula is C20H27N3O3. The smallest absolute Gasteiger partial charge is 0.407 e. The first-order valence-corrected chi connectivity index (χ1v) is 8.73. The highest BCUT2D eigenvalue weighted by atomic mass is 16.6. The van der Waals surface area contributed by atoms with Gasteiger partial charge < -0.3 is 21.1 Å². The zero-order valence-corrected chi connectivity index (χ0v) is 15.5. The van der Waals surface area contributed by atoms with E-state index >= 15 is 0 Å². The van der Waals surface area contributed by atoms with E-state index in [9.17, 15) is 9.59 Å². The van der Waals surface area contributed by atoms with Gasteiger partial charge in [0.25, 0.3) is 0 Å². The van der Waals surface area contributed by atoms with Crippen LogP contribution in [-0.4, -0.2) is 30.2 Å². The van der Waals surface area contributed by atoms with Crippen molar-refractivity contribution in [3.8, 4) is 0 Å². The second-order valence-corrected chi connectivity index (χ2v) is 7.18. The molecule has 0 bridgehead atoms. The highest BCUT2D eigenvalue weighted by Crippen LogP contribution is 2.18. The number of hydrogen-bond donors (Lipinski definition) is 3. The van der Waals surface area contributed by atoms with E-state index in [1.165, 1.54) is 0 Å². The first-order chi connectivity index (χ1) is 12.3. The van der Waals surface area contributed by atoms with Gasteiger partial charge >= 0.3 is 6.09 Å². The highest BCUT2D eigenvalue weighted by molar-refractivity contribution is 5.86. The molecule has 0 radical (unpaired) electrons. The van der Waals surface area contributed by atoms with Crippen LogP contribution in [0, 0.1) is 0 Å². The van der Waals surface area contributed by atoms with E-state index in [1.807, 2.05) is 42.5 Å². The van der Waals surface area contributed by atoms with Crippen LogP contribution in [0.3, 0.4) is 0 Å². The number of rotatable bonds is 6. The van der Waals surface area contributed by atoms with E-state index in [-0.39, 0.29) is 12.5 Å². The summed E-state index contributed by atoms with van der Waals surface area (Å²) in [5, 5.41) is 7.70. The second kappa shape index (κ2) is 8.67. The van der Waals surface area contributed by atoms with Crippen molar-refractivity contribution < 1.29 is 14.3 Å². The van der Waals surface area contributed by atoms with Crippen LogP contribution in [0.15, 0.2) is 42.5 Å². The number of fused-ring (bicyclic) bond motifs is 1. The van der Waals surface area contributed by atoms with Gasteiger partial charge in [-0.2, -0.15) is 0 Å². The average molecular weight is 357 g/mol. The summed E-state index contributed by atoms with van der Waals surface area (Å²) in [5.41, 5.74) is 6.39. The monoisotopic (exact) mass is 357 g/mol. The van der Waals surface area contributed by atoms with E-state index in [1.54, 1.807) is 20.8 Å². The summed E-state index contributed by atoms with van der Waals surface area (Å²) in [6.07, 6.45) is -0.179. The van der Waals surface area contributed by atoms with Crippen LogP contribution < -0.4 is 16.4 Å². The number of alkyl carbamates (subject to hydrolysis) is 1. The standard InChI is InChI=1S/C20H27N3O3/c1-20(2,3)26-19(25)22-12-11-17(21)18(24)23-13-15-9-6-8-14-7-4-5-10-16(14)15/h4-10,17H,11-13,21H2,1-3H3,(H,22,25)(H,23,24). The lowest BCUT2D eigenvalue weighted by Gasteiger charge is -2.20. The third-order valence-electron chi connectivity index (χ3n) is 3.79. The van der Waals surface area contributed by atoms with Crippen molar-refractivity contribution in [1.29, 1.82) is 0 Å².